The van der Waals surface area contributed by atoms with Crippen molar-refractivity contribution in [2.24, 2.45) is 23.7 Å². The first-order valence-corrected chi connectivity index (χ1v) is 13.4. The van der Waals surface area contributed by atoms with Crippen molar-refractivity contribution in [3.8, 4) is 0 Å². The van der Waals surface area contributed by atoms with Crippen LogP contribution in [0.5, 0.6) is 0 Å². The van der Waals surface area contributed by atoms with Crippen LogP contribution >= 0.6 is 0 Å². The predicted octanol–water partition coefficient (Wildman–Crippen LogP) is 6.88. The van der Waals surface area contributed by atoms with Crippen molar-refractivity contribution in [3.63, 3.8) is 0 Å². The molecule has 0 heterocycles. The van der Waals surface area contributed by atoms with E-state index in [0.29, 0.717) is 0 Å². The summed E-state index contributed by atoms with van der Waals surface area (Å²) in [5.41, 5.74) is 0. The number of hydrogen-bond acceptors (Lipinski definition) is 0. The third kappa shape index (κ3) is 3.20. The molecular weight excluding hydrogens is 355 g/mol. The first-order chi connectivity index (χ1) is 10.8. The van der Waals surface area contributed by atoms with Crippen LogP contribution in [0.1, 0.15) is 53.4 Å². The molecule has 4 rings (SSSR count). The van der Waals surface area contributed by atoms with E-state index in [1.807, 2.05) is 3.28 Å². The van der Waals surface area contributed by atoms with Crippen LogP contribution in [-0.2, 0) is 21.8 Å². The number of hydrogen-bond donors (Lipinski definition) is 0. The van der Waals surface area contributed by atoms with Crippen molar-refractivity contribution in [2.45, 2.75) is 60.6 Å². The standard InChI is InChI=1S/C13H17.C5H5.C3H7.CH4.Zr/c1-3-7-12-10(5-1)9-11-6-2-4-8-13(11)12;1-2-4-5-3-1;1-3-2;;/h1,3,5-7,10-13H,2,4,8-9H2;1-3H,4H2;3H,1-2H3;1H4;. The first kappa shape index (κ1) is 17.7. The van der Waals surface area contributed by atoms with Crippen LogP contribution in [0.3, 0.4) is 0 Å². The van der Waals surface area contributed by atoms with Crippen LogP contribution in [0.4, 0.5) is 0 Å². The van der Waals surface area contributed by atoms with Gasteiger partial charge < -0.3 is 0 Å². The Hall–Kier alpha value is -0.157. The molecule has 0 saturated heterocycles. The fourth-order valence-electron chi connectivity index (χ4n) is 5.88. The quantitative estimate of drug-likeness (QED) is 0.494. The molecule has 0 nitrogen and oxygen atoms in total. The van der Waals surface area contributed by atoms with E-state index in [1.165, 1.54) is 25.7 Å². The fourth-order valence-corrected chi connectivity index (χ4v) is 15.9. The second-order valence-electron chi connectivity index (χ2n) is 8.05. The van der Waals surface area contributed by atoms with E-state index in [2.05, 4.69) is 56.4 Å². The molecule has 23 heavy (non-hydrogen) atoms. The van der Waals surface area contributed by atoms with Gasteiger partial charge in [0.2, 0.25) is 0 Å². The monoisotopic (exact) mass is 387 g/mol. The van der Waals surface area contributed by atoms with Gasteiger partial charge in [0.1, 0.15) is 0 Å². The van der Waals surface area contributed by atoms with E-state index in [1.54, 1.807) is 6.42 Å². The minimum absolute atomic E-state index is 0. The minimum atomic E-state index is -1.50. The zero-order valence-corrected chi connectivity index (χ0v) is 16.5. The Morgan fingerprint density at radius 3 is 2.61 bits per heavy atom. The summed E-state index contributed by atoms with van der Waals surface area (Å²) < 4.78 is 4.02. The van der Waals surface area contributed by atoms with Crippen LogP contribution in [0.25, 0.3) is 0 Å². The van der Waals surface area contributed by atoms with Gasteiger partial charge in [-0.2, -0.15) is 0 Å². The Labute approximate surface area is 151 Å². The molecule has 125 valence electrons. The average molecular weight is 389 g/mol. The van der Waals surface area contributed by atoms with Gasteiger partial charge in [-0.3, -0.25) is 0 Å². The molecule has 0 N–H and O–H groups in total. The van der Waals surface area contributed by atoms with Crippen LogP contribution in [-0.4, -0.2) is 0 Å². The topological polar surface area (TPSA) is 0 Å². The Balaban J connectivity index is 0.00000156. The summed E-state index contributed by atoms with van der Waals surface area (Å²) in [6.07, 6.45) is 24.3. The Morgan fingerprint density at radius 2 is 1.87 bits per heavy atom. The predicted molar refractivity (Wildman–Crippen MR) is 98.1 cm³/mol. The van der Waals surface area contributed by atoms with Crippen LogP contribution in [0.15, 0.2) is 45.8 Å². The first-order valence-electron chi connectivity index (χ1n) is 9.33. The van der Waals surface area contributed by atoms with Gasteiger partial charge >= 0.3 is 144 Å². The Bertz CT molecular complexity index is 536. The van der Waals surface area contributed by atoms with Crippen molar-refractivity contribution in [1.29, 1.82) is 0 Å². The maximum atomic E-state index is 2.55. The van der Waals surface area contributed by atoms with Crippen molar-refractivity contribution >= 4 is 0 Å². The average Bonchev–Trinajstić information content (AvgIpc) is 3.15. The molecule has 0 aromatic carbocycles. The third-order valence-electron chi connectivity index (χ3n) is 6.62. The molecule has 4 aliphatic carbocycles. The molecule has 5 atom stereocenters. The maximum absolute atomic E-state index is 2.55. The van der Waals surface area contributed by atoms with Gasteiger partial charge in [0.15, 0.2) is 0 Å². The zero-order valence-electron chi connectivity index (χ0n) is 14.0. The van der Waals surface area contributed by atoms with Gasteiger partial charge in [-0.1, -0.05) is 7.43 Å². The molecular formula is C22H33Zr. The van der Waals surface area contributed by atoms with E-state index >= 15 is 0 Å². The summed E-state index contributed by atoms with van der Waals surface area (Å²) in [7, 11) is 0. The van der Waals surface area contributed by atoms with E-state index in [-0.39, 0.29) is 7.43 Å². The molecule has 0 aromatic heterocycles. The summed E-state index contributed by atoms with van der Waals surface area (Å²) >= 11 is -1.50. The van der Waals surface area contributed by atoms with Gasteiger partial charge in [0.05, 0.1) is 0 Å². The van der Waals surface area contributed by atoms with Gasteiger partial charge in [-0.15, -0.1) is 0 Å². The second-order valence-corrected chi connectivity index (χ2v) is 16.5. The number of fused-ring (bicyclic) bond motifs is 3. The Morgan fingerprint density at radius 1 is 1.04 bits per heavy atom. The van der Waals surface area contributed by atoms with E-state index in [4.69, 9.17) is 0 Å². The number of allylic oxidation sites excluding steroid dienone is 8. The molecule has 2 fully saturated rings. The summed E-state index contributed by atoms with van der Waals surface area (Å²) in [5.74, 6) is 3.81. The molecule has 5 unspecified atom stereocenters. The van der Waals surface area contributed by atoms with Crippen LogP contribution in [0, 0.1) is 23.7 Å². The summed E-state index contributed by atoms with van der Waals surface area (Å²) in [6, 6.07) is 0. The molecule has 0 bridgehead atoms. The summed E-state index contributed by atoms with van der Waals surface area (Å²) in [4.78, 5) is 0. The normalized spacial score (nSPS) is 37.3. The molecule has 0 aromatic rings. The van der Waals surface area contributed by atoms with E-state index in [0.717, 1.165) is 30.9 Å². The van der Waals surface area contributed by atoms with Gasteiger partial charge in [0, 0.05) is 0 Å². The van der Waals surface area contributed by atoms with Crippen LogP contribution in [0.2, 0.25) is 7.25 Å². The molecule has 0 spiro atoms. The molecule has 2 saturated carbocycles. The van der Waals surface area contributed by atoms with Gasteiger partial charge in [0.25, 0.3) is 0 Å². The number of rotatable bonds is 3. The van der Waals surface area contributed by atoms with Gasteiger partial charge in [-0.25, -0.2) is 0 Å². The van der Waals surface area contributed by atoms with Crippen molar-refractivity contribution in [1.82, 2.24) is 0 Å². The summed E-state index contributed by atoms with van der Waals surface area (Å²) in [6.45, 7) is 5.08. The van der Waals surface area contributed by atoms with Gasteiger partial charge in [-0.05, 0) is 0 Å². The molecule has 0 radical (unpaired) electrons. The summed E-state index contributed by atoms with van der Waals surface area (Å²) in [5, 5.41) is 0. The van der Waals surface area contributed by atoms with Crippen LogP contribution < -0.4 is 0 Å². The van der Waals surface area contributed by atoms with Crippen molar-refractivity contribution in [2.75, 3.05) is 0 Å². The third-order valence-corrected chi connectivity index (χ3v) is 16.1. The Kier molecular flexibility index (Phi) is 5.67. The zero-order chi connectivity index (χ0) is 15.1. The molecule has 1 heteroatoms. The second kappa shape index (κ2) is 7.39. The van der Waals surface area contributed by atoms with Crippen molar-refractivity contribution in [3.05, 3.63) is 45.8 Å². The fraction of sp³-hybridized carbons (Fsp3) is 0.636. The molecule has 0 aliphatic heterocycles. The molecule has 4 aliphatic rings. The van der Waals surface area contributed by atoms with E-state index in [9.17, 15) is 0 Å². The SMILES string of the molecule is C.C[CH](C)[Zr]([C]1=CC=CC1)[CH]1CCCC2C3C=CC=CC3CC21. The molecule has 0 amide bonds. The van der Waals surface area contributed by atoms with Crippen molar-refractivity contribution < 1.29 is 21.8 Å². The van der Waals surface area contributed by atoms with E-state index < -0.39 is 21.8 Å².